The molecule has 0 amide bonds. The zero-order valence-corrected chi connectivity index (χ0v) is 9.90. The Kier molecular flexibility index (Phi) is 3.43. The van der Waals surface area contributed by atoms with Crippen molar-refractivity contribution in [2.45, 2.75) is 25.7 Å². The number of carbonyl (C=O) groups excluding carboxylic acids is 1. The van der Waals surface area contributed by atoms with Crippen LogP contribution in [0.25, 0.3) is 0 Å². The third-order valence-corrected chi connectivity index (χ3v) is 3.33. The maximum atomic E-state index is 12.0. The van der Waals surface area contributed by atoms with Crippen molar-refractivity contribution >= 4 is 5.78 Å². The SMILES string of the molecule is COc1cccc2c1CC(=O)C(CCC#N)C2. The van der Waals surface area contributed by atoms with Crippen LogP contribution in [-0.4, -0.2) is 12.9 Å². The van der Waals surface area contributed by atoms with Crippen molar-refractivity contribution in [3.05, 3.63) is 29.3 Å². The van der Waals surface area contributed by atoms with Crippen LogP contribution in [0.15, 0.2) is 18.2 Å². The highest BCUT2D eigenvalue weighted by atomic mass is 16.5. The highest BCUT2D eigenvalue weighted by Crippen LogP contribution is 2.31. The minimum Gasteiger partial charge on any atom is -0.496 e. The van der Waals surface area contributed by atoms with E-state index in [1.807, 2.05) is 18.2 Å². The summed E-state index contributed by atoms with van der Waals surface area (Å²) in [6, 6.07) is 7.99. The summed E-state index contributed by atoms with van der Waals surface area (Å²) < 4.78 is 5.27. The standard InChI is InChI=1S/C14H15NO2/c1-17-14-6-2-4-10-8-11(5-3-7-15)13(16)9-12(10)14/h2,4,6,11H,3,5,8-9H2,1H3. The first-order chi connectivity index (χ1) is 8.26. The van der Waals surface area contributed by atoms with E-state index in [-0.39, 0.29) is 11.7 Å². The summed E-state index contributed by atoms with van der Waals surface area (Å²) in [5.41, 5.74) is 2.21. The lowest BCUT2D eigenvalue weighted by Crippen LogP contribution is -2.25. The van der Waals surface area contributed by atoms with Gasteiger partial charge in [0.25, 0.3) is 0 Å². The molecule has 0 radical (unpaired) electrons. The summed E-state index contributed by atoms with van der Waals surface area (Å²) in [4.78, 5) is 12.0. The van der Waals surface area contributed by atoms with Crippen molar-refractivity contribution in [2.24, 2.45) is 5.92 Å². The summed E-state index contributed by atoms with van der Waals surface area (Å²) in [5, 5.41) is 8.58. The molecule has 1 unspecified atom stereocenters. The number of Topliss-reactive ketones (excluding diaryl/α,β-unsaturated/α-hetero) is 1. The quantitative estimate of drug-likeness (QED) is 0.799. The normalized spacial score (nSPS) is 18.4. The summed E-state index contributed by atoms with van der Waals surface area (Å²) in [6.07, 6.45) is 2.31. The van der Waals surface area contributed by atoms with Crippen LogP contribution in [0.2, 0.25) is 0 Å². The van der Waals surface area contributed by atoms with E-state index in [1.165, 1.54) is 5.56 Å². The molecule has 0 bridgehead atoms. The maximum absolute atomic E-state index is 12.0. The summed E-state index contributed by atoms with van der Waals surface area (Å²) in [5.74, 6) is 1.04. The smallest absolute Gasteiger partial charge is 0.140 e. The average molecular weight is 229 g/mol. The molecule has 0 fully saturated rings. The first-order valence-corrected chi connectivity index (χ1v) is 5.80. The number of fused-ring (bicyclic) bond motifs is 1. The van der Waals surface area contributed by atoms with E-state index in [1.54, 1.807) is 7.11 Å². The zero-order chi connectivity index (χ0) is 12.3. The second-order valence-corrected chi connectivity index (χ2v) is 4.34. The second-order valence-electron chi connectivity index (χ2n) is 4.34. The maximum Gasteiger partial charge on any atom is 0.140 e. The molecule has 0 aromatic heterocycles. The number of ketones is 1. The van der Waals surface area contributed by atoms with Gasteiger partial charge in [0.05, 0.1) is 13.2 Å². The Morgan fingerprint density at radius 1 is 1.53 bits per heavy atom. The molecule has 3 heteroatoms. The predicted octanol–water partition coefficient (Wildman–Crippen LogP) is 2.28. The van der Waals surface area contributed by atoms with Gasteiger partial charge in [-0.1, -0.05) is 12.1 Å². The minimum atomic E-state index is 0.00857. The summed E-state index contributed by atoms with van der Waals surface area (Å²) in [6.45, 7) is 0. The van der Waals surface area contributed by atoms with Gasteiger partial charge in [0.1, 0.15) is 11.5 Å². The number of benzene rings is 1. The summed E-state index contributed by atoms with van der Waals surface area (Å²) >= 11 is 0. The van der Waals surface area contributed by atoms with Gasteiger partial charge in [-0.3, -0.25) is 4.79 Å². The van der Waals surface area contributed by atoms with Crippen molar-refractivity contribution in [3.8, 4) is 11.8 Å². The number of hydrogen-bond donors (Lipinski definition) is 0. The molecular formula is C14H15NO2. The van der Waals surface area contributed by atoms with Crippen LogP contribution in [0.1, 0.15) is 24.0 Å². The Balaban J connectivity index is 2.24. The molecule has 0 saturated heterocycles. The van der Waals surface area contributed by atoms with Crippen molar-refractivity contribution in [2.75, 3.05) is 7.11 Å². The molecule has 3 nitrogen and oxygen atoms in total. The molecule has 0 heterocycles. The highest BCUT2D eigenvalue weighted by molar-refractivity contribution is 5.86. The van der Waals surface area contributed by atoms with E-state index in [2.05, 4.69) is 6.07 Å². The fourth-order valence-electron chi connectivity index (χ4n) is 2.39. The Morgan fingerprint density at radius 3 is 3.06 bits per heavy atom. The third kappa shape index (κ3) is 2.31. The van der Waals surface area contributed by atoms with Crippen LogP contribution in [0, 0.1) is 17.2 Å². The molecule has 1 aliphatic rings. The van der Waals surface area contributed by atoms with Gasteiger partial charge >= 0.3 is 0 Å². The zero-order valence-electron chi connectivity index (χ0n) is 9.90. The first-order valence-electron chi connectivity index (χ1n) is 5.80. The van der Waals surface area contributed by atoms with E-state index >= 15 is 0 Å². The molecule has 0 aliphatic heterocycles. The number of nitriles is 1. The van der Waals surface area contributed by atoms with E-state index < -0.39 is 0 Å². The number of carbonyl (C=O) groups is 1. The largest absolute Gasteiger partial charge is 0.496 e. The fourth-order valence-corrected chi connectivity index (χ4v) is 2.39. The number of methoxy groups -OCH3 is 1. The van der Waals surface area contributed by atoms with Crippen LogP contribution in [0.3, 0.4) is 0 Å². The van der Waals surface area contributed by atoms with Crippen molar-refractivity contribution in [3.63, 3.8) is 0 Å². The van der Waals surface area contributed by atoms with Gasteiger partial charge in [-0.15, -0.1) is 0 Å². The van der Waals surface area contributed by atoms with Crippen LogP contribution in [0.5, 0.6) is 5.75 Å². The van der Waals surface area contributed by atoms with E-state index in [4.69, 9.17) is 10.00 Å². The Labute approximate surface area is 101 Å². The number of hydrogen-bond acceptors (Lipinski definition) is 3. The number of rotatable bonds is 3. The van der Waals surface area contributed by atoms with Gasteiger partial charge in [-0.25, -0.2) is 0 Å². The van der Waals surface area contributed by atoms with Crippen molar-refractivity contribution < 1.29 is 9.53 Å². The molecule has 0 N–H and O–H groups in total. The second kappa shape index (κ2) is 5.01. The molecule has 0 saturated carbocycles. The predicted molar refractivity (Wildman–Crippen MR) is 63.7 cm³/mol. The van der Waals surface area contributed by atoms with E-state index in [0.717, 1.165) is 17.7 Å². The van der Waals surface area contributed by atoms with Gasteiger partial charge in [0.2, 0.25) is 0 Å². The van der Waals surface area contributed by atoms with Gasteiger partial charge in [-0.05, 0) is 24.5 Å². The first kappa shape index (κ1) is 11.7. The third-order valence-electron chi connectivity index (χ3n) is 3.33. The molecule has 17 heavy (non-hydrogen) atoms. The topological polar surface area (TPSA) is 50.1 Å². The molecule has 1 aromatic rings. The molecular weight excluding hydrogens is 214 g/mol. The van der Waals surface area contributed by atoms with Gasteiger partial charge in [0.15, 0.2) is 0 Å². The number of ether oxygens (including phenoxy) is 1. The molecule has 1 atom stereocenters. The lowest BCUT2D eigenvalue weighted by molar-refractivity contribution is -0.122. The molecule has 1 aromatic carbocycles. The molecule has 0 spiro atoms. The monoisotopic (exact) mass is 229 g/mol. The van der Waals surface area contributed by atoms with Crippen LogP contribution < -0.4 is 4.74 Å². The van der Waals surface area contributed by atoms with Crippen LogP contribution in [0.4, 0.5) is 0 Å². The van der Waals surface area contributed by atoms with Gasteiger partial charge in [0, 0.05) is 24.3 Å². The van der Waals surface area contributed by atoms with E-state index in [0.29, 0.717) is 19.3 Å². The van der Waals surface area contributed by atoms with E-state index in [9.17, 15) is 4.79 Å². The fraction of sp³-hybridized carbons (Fsp3) is 0.429. The Bertz CT molecular complexity index is 474. The van der Waals surface area contributed by atoms with Crippen LogP contribution >= 0.6 is 0 Å². The van der Waals surface area contributed by atoms with Gasteiger partial charge < -0.3 is 4.74 Å². The Hall–Kier alpha value is -1.82. The lowest BCUT2D eigenvalue weighted by Gasteiger charge is -2.24. The van der Waals surface area contributed by atoms with Gasteiger partial charge in [-0.2, -0.15) is 5.26 Å². The lowest BCUT2D eigenvalue weighted by atomic mass is 9.80. The highest BCUT2D eigenvalue weighted by Gasteiger charge is 2.27. The van der Waals surface area contributed by atoms with Crippen LogP contribution in [-0.2, 0) is 17.6 Å². The van der Waals surface area contributed by atoms with Crippen molar-refractivity contribution in [1.29, 1.82) is 5.26 Å². The molecule has 1 aliphatic carbocycles. The minimum absolute atomic E-state index is 0.00857. The number of nitrogens with zero attached hydrogens (tertiary/aromatic N) is 1. The molecule has 88 valence electrons. The molecule has 2 rings (SSSR count). The summed E-state index contributed by atoms with van der Waals surface area (Å²) in [7, 11) is 1.63. The Morgan fingerprint density at radius 2 is 2.35 bits per heavy atom. The van der Waals surface area contributed by atoms with Crippen molar-refractivity contribution in [1.82, 2.24) is 0 Å². The average Bonchev–Trinajstić information content (AvgIpc) is 2.35.